The van der Waals surface area contributed by atoms with Gasteiger partial charge >= 0.3 is 0 Å². The normalized spacial score (nSPS) is 10.6. The fraction of sp³-hybridized carbons (Fsp3) is 0.190. The molecule has 27 heavy (non-hydrogen) atoms. The zero-order valence-corrected chi connectivity index (χ0v) is 16.3. The Kier molecular flexibility index (Phi) is 5.76. The average Bonchev–Trinajstić information content (AvgIpc) is 2.60. The van der Waals surface area contributed by atoms with E-state index in [1.165, 1.54) is 18.7 Å². The summed E-state index contributed by atoms with van der Waals surface area (Å²) in [5.74, 6) is -0.0113. The largest absolute Gasteiger partial charge is 0.326 e. The van der Waals surface area contributed by atoms with Crippen LogP contribution in [-0.4, -0.2) is 22.6 Å². The monoisotopic (exact) mass is 379 g/mol. The van der Waals surface area contributed by atoms with Crippen LogP contribution in [0, 0.1) is 13.8 Å². The molecule has 2 aromatic carbocycles. The van der Waals surface area contributed by atoms with E-state index in [0.717, 1.165) is 27.1 Å². The van der Waals surface area contributed by atoms with Crippen molar-refractivity contribution in [1.29, 1.82) is 0 Å². The van der Waals surface area contributed by atoms with Crippen LogP contribution >= 0.6 is 11.8 Å². The number of rotatable bonds is 5. The molecular weight excluding hydrogens is 358 g/mol. The molecule has 138 valence electrons. The van der Waals surface area contributed by atoms with Crippen LogP contribution in [0.3, 0.4) is 0 Å². The van der Waals surface area contributed by atoms with Gasteiger partial charge in [-0.1, -0.05) is 30.0 Å². The van der Waals surface area contributed by atoms with Crippen LogP contribution < -0.4 is 10.6 Å². The molecule has 5 nitrogen and oxygen atoms in total. The number of fused-ring (bicyclic) bond motifs is 1. The number of anilines is 2. The lowest BCUT2D eigenvalue weighted by molar-refractivity contribution is -0.114. The smallest absolute Gasteiger partial charge is 0.234 e. The number of aryl methyl sites for hydroxylation is 2. The summed E-state index contributed by atoms with van der Waals surface area (Å²) in [7, 11) is 0. The second-order valence-corrected chi connectivity index (χ2v) is 7.37. The van der Waals surface area contributed by atoms with E-state index in [9.17, 15) is 9.59 Å². The summed E-state index contributed by atoms with van der Waals surface area (Å²) < 4.78 is 0. The molecule has 3 rings (SSSR count). The Balaban J connectivity index is 1.66. The number of carbonyl (C=O) groups excluding carboxylic acids is 2. The van der Waals surface area contributed by atoms with E-state index in [2.05, 4.69) is 28.8 Å². The highest BCUT2D eigenvalue weighted by Crippen LogP contribution is 2.25. The van der Waals surface area contributed by atoms with E-state index in [1.54, 1.807) is 24.3 Å². The van der Waals surface area contributed by atoms with Crippen molar-refractivity contribution in [2.45, 2.75) is 25.8 Å². The molecule has 0 saturated carbocycles. The molecule has 0 saturated heterocycles. The van der Waals surface area contributed by atoms with Gasteiger partial charge in [0, 0.05) is 23.7 Å². The van der Waals surface area contributed by atoms with Gasteiger partial charge in [0.25, 0.3) is 0 Å². The first-order valence-electron chi connectivity index (χ1n) is 8.59. The molecule has 0 unspecified atom stereocenters. The van der Waals surface area contributed by atoms with Gasteiger partial charge in [-0.15, -0.1) is 0 Å². The summed E-state index contributed by atoms with van der Waals surface area (Å²) in [4.78, 5) is 28.1. The molecule has 0 aliphatic carbocycles. The van der Waals surface area contributed by atoms with Gasteiger partial charge in [-0.05, 0) is 55.3 Å². The first-order valence-corrected chi connectivity index (χ1v) is 9.57. The topological polar surface area (TPSA) is 71.1 Å². The van der Waals surface area contributed by atoms with Gasteiger partial charge in [0.2, 0.25) is 11.8 Å². The third-order valence-corrected chi connectivity index (χ3v) is 5.02. The lowest BCUT2D eigenvalue weighted by Crippen LogP contribution is -2.14. The molecule has 0 radical (unpaired) electrons. The maximum absolute atomic E-state index is 12.3. The van der Waals surface area contributed by atoms with Crippen LogP contribution in [0.15, 0.2) is 53.6 Å². The number of hydrogen-bond donors (Lipinski definition) is 2. The molecule has 0 aliphatic heterocycles. The van der Waals surface area contributed by atoms with E-state index in [0.29, 0.717) is 11.4 Å². The summed E-state index contributed by atoms with van der Waals surface area (Å²) in [6.45, 7) is 5.49. The first-order chi connectivity index (χ1) is 12.9. The van der Waals surface area contributed by atoms with Crippen LogP contribution in [0.5, 0.6) is 0 Å². The fourth-order valence-electron chi connectivity index (χ4n) is 2.72. The van der Waals surface area contributed by atoms with Gasteiger partial charge in [0.1, 0.15) is 5.03 Å². The minimum atomic E-state index is -0.151. The third kappa shape index (κ3) is 5.08. The highest BCUT2D eigenvalue weighted by atomic mass is 32.2. The Labute approximate surface area is 162 Å². The van der Waals surface area contributed by atoms with E-state index < -0.39 is 0 Å². The van der Waals surface area contributed by atoms with E-state index in [4.69, 9.17) is 4.98 Å². The minimum Gasteiger partial charge on any atom is -0.326 e. The quantitative estimate of drug-likeness (QED) is 0.639. The third-order valence-electron chi connectivity index (χ3n) is 3.92. The highest BCUT2D eigenvalue weighted by Gasteiger charge is 2.09. The Hall–Kier alpha value is -2.86. The van der Waals surface area contributed by atoms with Gasteiger partial charge < -0.3 is 10.6 Å². The first kappa shape index (κ1) is 18.9. The Morgan fingerprint density at radius 1 is 1.00 bits per heavy atom. The SMILES string of the molecule is CC(=O)Nc1cccc(NC(=O)CSc2nc3cc(C)ccc3cc2C)c1. The molecule has 6 heteroatoms. The summed E-state index contributed by atoms with van der Waals surface area (Å²) in [5, 5.41) is 7.51. The molecule has 2 N–H and O–H groups in total. The zero-order chi connectivity index (χ0) is 19.4. The predicted octanol–water partition coefficient (Wildman–Crippen LogP) is 4.54. The van der Waals surface area contributed by atoms with Crippen LogP contribution in [0.4, 0.5) is 11.4 Å². The molecule has 1 aromatic heterocycles. The maximum Gasteiger partial charge on any atom is 0.234 e. The van der Waals surface area contributed by atoms with Crippen LogP contribution in [0.1, 0.15) is 18.1 Å². The van der Waals surface area contributed by atoms with Crippen LogP contribution in [0.25, 0.3) is 10.9 Å². The van der Waals surface area contributed by atoms with Crippen molar-refractivity contribution in [1.82, 2.24) is 4.98 Å². The number of hydrogen-bond acceptors (Lipinski definition) is 4. The van der Waals surface area contributed by atoms with Crippen molar-refractivity contribution in [3.05, 3.63) is 59.7 Å². The molecule has 0 atom stereocenters. The number of carbonyl (C=O) groups is 2. The molecule has 3 aromatic rings. The minimum absolute atomic E-state index is 0.120. The standard InChI is InChI=1S/C21H21N3O2S/c1-13-7-8-16-10-14(2)21(24-19(16)9-13)27-12-20(26)23-18-6-4-5-17(11-18)22-15(3)25/h4-11H,12H2,1-3H3,(H,22,25)(H,23,26). The fourth-order valence-corrected chi connectivity index (χ4v) is 3.51. The van der Waals surface area contributed by atoms with Gasteiger partial charge in [0.15, 0.2) is 0 Å². The lowest BCUT2D eigenvalue weighted by atomic mass is 10.1. The van der Waals surface area contributed by atoms with Crippen molar-refractivity contribution in [2.75, 3.05) is 16.4 Å². The predicted molar refractivity (Wildman–Crippen MR) is 111 cm³/mol. The van der Waals surface area contributed by atoms with Crippen LogP contribution in [-0.2, 0) is 9.59 Å². The second-order valence-electron chi connectivity index (χ2n) is 6.41. The number of nitrogens with one attached hydrogen (secondary N) is 2. The molecule has 2 amide bonds. The van der Waals surface area contributed by atoms with Crippen molar-refractivity contribution >= 4 is 45.9 Å². The van der Waals surface area contributed by atoms with Gasteiger partial charge in [-0.2, -0.15) is 0 Å². The van der Waals surface area contributed by atoms with Gasteiger partial charge in [-0.3, -0.25) is 9.59 Å². The number of thioether (sulfide) groups is 1. The van der Waals surface area contributed by atoms with Crippen LogP contribution in [0.2, 0.25) is 0 Å². The molecule has 0 fully saturated rings. The average molecular weight is 379 g/mol. The van der Waals surface area contributed by atoms with E-state index in [1.807, 2.05) is 19.9 Å². The lowest BCUT2D eigenvalue weighted by Gasteiger charge is -2.09. The van der Waals surface area contributed by atoms with Gasteiger partial charge in [-0.25, -0.2) is 4.98 Å². The van der Waals surface area contributed by atoms with Gasteiger partial charge in [0.05, 0.1) is 11.3 Å². The Morgan fingerprint density at radius 2 is 1.74 bits per heavy atom. The number of aromatic nitrogens is 1. The highest BCUT2D eigenvalue weighted by molar-refractivity contribution is 8.00. The Bertz CT molecular complexity index is 1020. The summed E-state index contributed by atoms with van der Waals surface area (Å²) in [5.41, 5.74) is 4.44. The second kappa shape index (κ2) is 8.22. The molecule has 0 spiro atoms. The zero-order valence-electron chi connectivity index (χ0n) is 15.5. The number of benzene rings is 2. The molecule has 0 bridgehead atoms. The summed E-state index contributed by atoms with van der Waals surface area (Å²) in [6, 6.07) is 15.3. The van der Waals surface area contributed by atoms with Crippen molar-refractivity contribution in [2.24, 2.45) is 0 Å². The number of pyridine rings is 1. The molecule has 0 aliphatic rings. The van der Waals surface area contributed by atoms with Crippen molar-refractivity contribution in [3.63, 3.8) is 0 Å². The van der Waals surface area contributed by atoms with Crippen molar-refractivity contribution in [3.8, 4) is 0 Å². The maximum atomic E-state index is 12.3. The number of nitrogens with zero attached hydrogens (tertiary/aromatic N) is 1. The Morgan fingerprint density at radius 3 is 2.48 bits per heavy atom. The summed E-state index contributed by atoms with van der Waals surface area (Å²) >= 11 is 1.42. The molecular formula is C21H21N3O2S. The molecule has 1 heterocycles. The van der Waals surface area contributed by atoms with Crippen molar-refractivity contribution < 1.29 is 9.59 Å². The van der Waals surface area contributed by atoms with E-state index in [-0.39, 0.29) is 17.6 Å². The number of amides is 2. The van der Waals surface area contributed by atoms with E-state index >= 15 is 0 Å². The summed E-state index contributed by atoms with van der Waals surface area (Å²) in [6.07, 6.45) is 0.